The Balaban J connectivity index is 1.78. The first kappa shape index (κ1) is 18.3. The van der Waals surface area contributed by atoms with E-state index in [4.69, 9.17) is 0 Å². The van der Waals surface area contributed by atoms with Gasteiger partial charge in [-0.3, -0.25) is 9.69 Å². The number of hydrogen-bond donors (Lipinski definition) is 0. The summed E-state index contributed by atoms with van der Waals surface area (Å²) in [5, 5.41) is 11.5. The van der Waals surface area contributed by atoms with Crippen molar-refractivity contribution in [1.82, 2.24) is 30.0 Å². The summed E-state index contributed by atoms with van der Waals surface area (Å²) in [7, 11) is 0. The molecule has 0 aliphatic carbocycles. The molecule has 2 aromatic rings. The van der Waals surface area contributed by atoms with E-state index in [1.165, 1.54) is 16.8 Å². The predicted octanol–water partition coefficient (Wildman–Crippen LogP) is 1.73. The van der Waals surface area contributed by atoms with Gasteiger partial charge in [-0.25, -0.2) is 0 Å². The molecule has 0 N–H and O–H groups in total. The van der Waals surface area contributed by atoms with Gasteiger partial charge in [-0.05, 0) is 48.5 Å². The maximum Gasteiger partial charge on any atom is 0.416 e. The summed E-state index contributed by atoms with van der Waals surface area (Å²) >= 11 is 0. The molecule has 2 heterocycles. The molecule has 0 unspecified atom stereocenters. The number of carbonyl (C=O) groups is 1. The number of piperazine rings is 1. The van der Waals surface area contributed by atoms with Gasteiger partial charge in [0.1, 0.15) is 0 Å². The minimum atomic E-state index is -4.39. The van der Waals surface area contributed by atoms with Crippen molar-refractivity contribution in [2.75, 3.05) is 19.6 Å². The van der Waals surface area contributed by atoms with Gasteiger partial charge >= 0.3 is 6.18 Å². The van der Waals surface area contributed by atoms with Crippen LogP contribution in [0.1, 0.15) is 25.2 Å². The Morgan fingerprint density at radius 2 is 1.88 bits per heavy atom. The number of tetrazole rings is 1. The molecule has 1 saturated heterocycles. The highest BCUT2D eigenvalue weighted by molar-refractivity contribution is 5.82. The van der Waals surface area contributed by atoms with E-state index < -0.39 is 11.7 Å². The van der Waals surface area contributed by atoms with E-state index in [1.54, 1.807) is 4.90 Å². The van der Waals surface area contributed by atoms with Gasteiger partial charge in [0.05, 0.1) is 23.8 Å². The van der Waals surface area contributed by atoms with E-state index >= 15 is 0 Å². The third kappa shape index (κ3) is 3.55. The standard InChI is InChI=1S/C16H19F3N6O/c1-3-23-8-9-24(11(2)15(23)26)10-14-20-21-22-25(14)13-6-4-12(5-7-13)16(17,18)19/h4-7,11H,3,8-10H2,1-2H3/t11-/m0/s1. The Labute approximate surface area is 148 Å². The molecule has 7 nitrogen and oxygen atoms in total. The summed E-state index contributed by atoms with van der Waals surface area (Å²) in [6.45, 7) is 6.07. The molecular formula is C16H19F3N6O. The zero-order chi connectivity index (χ0) is 18.9. The molecule has 1 aromatic carbocycles. The zero-order valence-corrected chi connectivity index (χ0v) is 14.4. The first-order valence-electron chi connectivity index (χ1n) is 8.29. The van der Waals surface area contributed by atoms with Gasteiger partial charge in [-0.15, -0.1) is 5.10 Å². The van der Waals surface area contributed by atoms with Crippen molar-refractivity contribution in [2.24, 2.45) is 0 Å². The lowest BCUT2D eigenvalue weighted by atomic mass is 10.1. The highest BCUT2D eigenvalue weighted by Gasteiger charge is 2.32. The zero-order valence-electron chi connectivity index (χ0n) is 14.4. The van der Waals surface area contributed by atoms with Crippen molar-refractivity contribution in [3.63, 3.8) is 0 Å². The van der Waals surface area contributed by atoms with Crippen molar-refractivity contribution >= 4 is 5.91 Å². The molecular weight excluding hydrogens is 349 g/mol. The number of hydrogen-bond acceptors (Lipinski definition) is 5. The van der Waals surface area contributed by atoms with Gasteiger partial charge in [0, 0.05) is 19.6 Å². The molecule has 1 aliphatic heterocycles. The monoisotopic (exact) mass is 368 g/mol. The molecule has 26 heavy (non-hydrogen) atoms. The summed E-state index contributed by atoms with van der Waals surface area (Å²) in [6, 6.07) is 4.33. The van der Waals surface area contributed by atoms with Crippen LogP contribution in [0.15, 0.2) is 24.3 Å². The normalized spacial score (nSPS) is 19.2. The molecule has 140 valence electrons. The summed E-state index contributed by atoms with van der Waals surface area (Å²) in [5.74, 6) is 0.515. The van der Waals surface area contributed by atoms with E-state index in [0.29, 0.717) is 37.7 Å². The average molecular weight is 368 g/mol. The highest BCUT2D eigenvalue weighted by Crippen LogP contribution is 2.29. The van der Waals surface area contributed by atoms with Crippen molar-refractivity contribution < 1.29 is 18.0 Å². The number of nitrogens with zero attached hydrogens (tertiary/aromatic N) is 6. The Morgan fingerprint density at radius 1 is 1.19 bits per heavy atom. The van der Waals surface area contributed by atoms with Crippen molar-refractivity contribution in [1.29, 1.82) is 0 Å². The molecule has 1 aromatic heterocycles. The lowest BCUT2D eigenvalue weighted by Gasteiger charge is -2.38. The van der Waals surface area contributed by atoms with Crippen molar-refractivity contribution in [2.45, 2.75) is 32.6 Å². The fraction of sp³-hybridized carbons (Fsp3) is 0.500. The third-order valence-corrected chi connectivity index (χ3v) is 4.57. The molecule has 1 fully saturated rings. The summed E-state index contributed by atoms with van der Waals surface area (Å²) in [4.78, 5) is 16.1. The van der Waals surface area contributed by atoms with Crippen LogP contribution in [0.25, 0.3) is 5.69 Å². The van der Waals surface area contributed by atoms with E-state index in [0.717, 1.165) is 12.1 Å². The van der Waals surface area contributed by atoms with Gasteiger partial charge in [-0.1, -0.05) is 0 Å². The van der Waals surface area contributed by atoms with Crippen molar-refractivity contribution in [3.8, 4) is 5.69 Å². The van der Waals surface area contributed by atoms with E-state index in [9.17, 15) is 18.0 Å². The van der Waals surface area contributed by atoms with Crippen molar-refractivity contribution in [3.05, 3.63) is 35.7 Å². The van der Waals surface area contributed by atoms with Gasteiger partial charge in [0.15, 0.2) is 5.82 Å². The maximum atomic E-state index is 12.7. The molecule has 3 rings (SSSR count). The lowest BCUT2D eigenvalue weighted by Crippen LogP contribution is -2.55. The summed E-state index contributed by atoms with van der Waals surface area (Å²) in [5.41, 5.74) is -0.296. The van der Waals surface area contributed by atoms with Crippen LogP contribution in [0.4, 0.5) is 13.2 Å². The molecule has 0 spiro atoms. The second-order valence-corrected chi connectivity index (χ2v) is 6.12. The molecule has 10 heteroatoms. The van der Waals surface area contributed by atoms with Gasteiger partial charge in [-0.2, -0.15) is 17.9 Å². The first-order valence-corrected chi connectivity index (χ1v) is 8.29. The molecule has 0 saturated carbocycles. The highest BCUT2D eigenvalue weighted by atomic mass is 19.4. The fourth-order valence-corrected chi connectivity index (χ4v) is 2.98. The lowest BCUT2D eigenvalue weighted by molar-refractivity contribution is -0.141. The number of amides is 1. The van der Waals surface area contributed by atoms with Crippen LogP contribution in [-0.4, -0.2) is 61.6 Å². The van der Waals surface area contributed by atoms with E-state index in [1.807, 2.05) is 18.7 Å². The smallest absolute Gasteiger partial charge is 0.340 e. The molecule has 0 radical (unpaired) electrons. The number of carbonyl (C=O) groups excluding carboxylic acids is 1. The van der Waals surface area contributed by atoms with Crippen LogP contribution in [0.5, 0.6) is 0 Å². The van der Waals surface area contributed by atoms with Gasteiger partial charge in [0.25, 0.3) is 0 Å². The van der Waals surface area contributed by atoms with Crippen LogP contribution in [0, 0.1) is 0 Å². The van der Waals surface area contributed by atoms with Crippen LogP contribution in [0.3, 0.4) is 0 Å². The number of benzene rings is 1. The molecule has 0 bridgehead atoms. The number of aromatic nitrogens is 4. The van der Waals surface area contributed by atoms with Gasteiger partial charge in [0.2, 0.25) is 5.91 Å². The largest absolute Gasteiger partial charge is 0.416 e. The Kier molecular flexibility index (Phi) is 4.94. The Morgan fingerprint density at radius 3 is 2.50 bits per heavy atom. The topological polar surface area (TPSA) is 67.2 Å². The van der Waals surface area contributed by atoms with E-state index in [2.05, 4.69) is 15.5 Å². The molecule has 1 atom stereocenters. The maximum absolute atomic E-state index is 12.7. The minimum Gasteiger partial charge on any atom is -0.340 e. The van der Waals surface area contributed by atoms with Gasteiger partial charge < -0.3 is 4.90 Å². The Hall–Kier alpha value is -2.49. The summed E-state index contributed by atoms with van der Waals surface area (Å²) < 4.78 is 39.5. The molecule has 1 aliphatic rings. The second kappa shape index (κ2) is 7.02. The quantitative estimate of drug-likeness (QED) is 0.822. The van der Waals surface area contributed by atoms with Crippen LogP contribution >= 0.6 is 0 Å². The van der Waals surface area contributed by atoms with Crippen LogP contribution < -0.4 is 0 Å². The molecule has 1 amide bonds. The van der Waals surface area contributed by atoms with Crippen LogP contribution in [-0.2, 0) is 17.5 Å². The third-order valence-electron chi connectivity index (χ3n) is 4.57. The second-order valence-electron chi connectivity index (χ2n) is 6.12. The van der Waals surface area contributed by atoms with Crippen LogP contribution in [0.2, 0.25) is 0 Å². The van der Waals surface area contributed by atoms with E-state index in [-0.39, 0.29) is 11.9 Å². The SMILES string of the molecule is CCN1CCN(Cc2nnnn2-c2ccc(C(F)(F)F)cc2)[C@@H](C)C1=O. The first-order chi connectivity index (χ1) is 12.3. The summed E-state index contributed by atoms with van der Waals surface area (Å²) in [6.07, 6.45) is -4.39. The number of rotatable bonds is 4. The average Bonchev–Trinajstić information content (AvgIpc) is 3.07. The number of alkyl halides is 3. The number of likely N-dealkylation sites (N-methyl/N-ethyl adjacent to an activating group) is 1. The fourth-order valence-electron chi connectivity index (χ4n) is 2.98. The number of halogens is 3. The predicted molar refractivity (Wildman–Crippen MR) is 86.3 cm³/mol. The Bertz CT molecular complexity index is 773. The minimum absolute atomic E-state index is 0.0484.